The van der Waals surface area contributed by atoms with Gasteiger partial charge in [-0.15, -0.1) is 0 Å². The van der Waals surface area contributed by atoms with Gasteiger partial charge in [0.2, 0.25) is 0 Å². The number of aryl methyl sites for hydroxylation is 2. The predicted molar refractivity (Wildman–Crippen MR) is 120 cm³/mol. The molecule has 2 heterocycles. The third kappa shape index (κ3) is 3.78. The first-order chi connectivity index (χ1) is 14.0. The number of allylic oxidation sites excluding steroid dienone is 3. The van der Waals surface area contributed by atoms with Gasteiger partial charge in [0.25, 0.3) is 0 Å². The number of fused-ring (bicyclic) bond motifs is 2. The van der Waals surface area contributed by atoms with Crippen molar-refractivity contribution in [3.63, 3.8) is 0 Å². The summed E-state index contributed by atoms with van der Waals surface area (Å²) in [6.45, 7) is 0. The molecule has 0 saturated carbocycles. The highest BCUT2D eigenvalue weighted by Gasteiger charge is 2.04. The predicted octanol–water partition coefficient (Wildman–Crippen LogP) is 5.41. The summed E-state index contributed by atoms with van der Waals surface area (Å²) in [5.41, 5.74) is 4.18. The Hall–Kier alpha value is -3.79. The van der Waals surface area contributed by atoms with Crippen LogP contribution in [0.15, 0.2) is 84.9 Å². The molecule has 0 spiro atoms. The minimum atomic E-state index is -0.266. The van der Waals surface area contributed by atoms with E-state index in [9.17, 15) is 9.90 Å². The van der Waals surface area contributed by atoms with Gasteiger partial charge >= 0.3 is 0 Å². The van der Waals surface area contributed by atoms with E-state index in [1.54, 1.807) is 12.2 Å². The molecule has 0 atom stereocenters. The lowest BCUT2D eigenvalue weighted by molar-refractivity contribution is -0.110. The van der Waals surface area contributed by atoms with Crippen molar-refractivity contribution in [2.75, 3.05) is 0 Å². The normalized spacial score (nSPS) is 12.7. The molecular formula is C25H22N2O2. The van der Waals surface area contributed by atoms with Crippen LogP contribution in [-0.2, 0) is 18.9 Å². The number of ketones is 1. The number of para-hydroxylation sites is 2. The van der Waals surface area contributed by atoms with E-state index in [2.05, 4.69) is 0 Å². The highest BCUT2D eigenvalue weighted by molar-refractivity contribution is 6.04. The van der Waals surface area contributed by atoms with E-state index in [1.807, 2.05) is 90.2 Å². The van der Waals surface area contributed by atoms with Crippen LogP contribution in [0.25, 0.3) is 34.0 Å². The van der Waals surface area contributed by atoms with Gasteiger partial charge in [-0.3, -0.25) is 4.79 Å². The first-order valence-electron chi connectivity index (χ1n) is 9.42. The monoisotopic (exact) mass is 382 g/mol. The van der Waals surface area contributed by atoms with E-state index < -0.39 is 0 Å². The number of benzene rings is 2. The lowest BCUT2D eigenvalue weighted by atomic mass is 10.1. The van der Waals surface area contributed by atoms with Crippen molar-refractivity contribution < 1.29 is 9.90 Å². The van der Waals surface area contributed by atoms with Gasteiger partial charge in [0.15, 0.2) is 5.78 Å². The minimum Gasteiger partial charge on any atom is -0.508 e. The number of rotatable bonds is 5. The van der Waals surface area contributed by atoms with E-state index in [1.165, 1.54) is 12.2 Å². The fraction of sp³-hybridized carbons (Fsp3) is 0.0800. The molecule has 4 aromatic rings. The van der Waals surface area contributed by atoms with Crippen LogP contribution in [-0.4, -0.2) is 20.0 Å². The number of aromatic nitrogens is 2. The van der Waals surface area contributed by atoms with Gasteiger partial charge in [-0.1, -0.05) is 36.4 Å². The summed E-state index contributed by atoms with van der Waals surface area (Å²) in [5.74, 6) is -0.344. The Morgan fingerprint density at radius 2 is 1.28 bits per heavy atom. The lowest BCUT2D eigenvalue weighted by Crippen LogP contribution is -1.88. The fourth-order valence-electron chi connectivity index (χ4n) is 3.60. The van der Waals surface area contributed by atoms with Crippen LogP contribution in [0.4, 0.5) is 0 Å². The molecule has 0 aliphatic carbocycles. The van der Waals surface area contributed by atoms with E-state index in [-0.39, 0.29) is 11.5 Å². The summed E-state index contributed by atoms with van der Waals surface area (Å²) in [6.07, 6.45) is 11.8. The topological polar surface area (TPSA) is 47.2 Å². The molecule has 0 amide bonds. The largest absolute Gasteiger partial charge is 0.508 e. The first kappa shape index (κ1) is 18.6. The number of aliphatic hydroxyl groups is 1. The molecule has 29 heavy (non-hydrogen) atoms. The second-order valence-electron chi connectivity index (χ2n) is 7.06. The summed E-state index contributed by atoms with van der Waals surface area (Å²) < 4.78 is 4.06. The molecule has 0 unspecified atom stereocenters. The van der Waals surface area contributed by atoms with Crippen molar-refractivity contribution in [1.29, 1.82) is 0 Å². The zero-order chi connectivity index (χ0) is 20.4. The molecular weight excluding hydrogens is 360 g/mol. The van der Waals surface area contributed by atoms with Gasteiger partial charge < -0.3 is 14.2 Å². The van der Waals surface area contributed by atoms with Crippen LogP contribution in [0.2, 0.25) is 0 Å². The molecule has 0 radical (unpaired) electrons. The highest BCUT2D eigenvalue weighted by atomic mass is 16.3. The molecule has 0 aliphatic rings. The SMILES string of the molecule is Cn1cc(/C=C/C(=O)/C=C(O)/C=C/c2cn(C)c3ccccc23)c2ccccc21. The standard InChI is InChI=1S/C25H22N2O2/c1-26-16-18(22-7-3-5-9-24(22)26)11-13-20(28)15-21(29)14-12-19-17-27(2)25-10-6-4-8-23(19)25/h3-17,28H,1-2H3/b13-11+,14-12+,20-15-. The lowest BCUT2D eigenvalue weighted by Gasteiger charge is -1.93. The third-order valence-electron chi connectivity index (χ3n) is 5.01. The van der Waals surface area contributed by atoms with Crippen LogP contribution in [0.5, 0.6) is 0 Å². The zero-order valence-electron chi connectivity index (χ0n) is 16.4. The third-order valence-corrected chi connectivity index (χ3v) is 5.01. The van der Waals surface area contributed by atoms with Crippen LogP contribution in [0.1, 0.15) is 11.1 Å². The van der Waals surface area contributed by atoms with Crippen molar-refractivity contribution in [2.24, 2.45) is 14.1 Å². The quantitative estimate of drug-likeness (QED) is 0.285. The van der Waals surface area contributed by atoms with Gasteiger partial charge in [0.05, 0.1) is 0 Å². The maximum Gasteiger partial charge on any atom is 0.182 e. The molecule has 4 heteroatoms. The Morgan fingerprint density at radius 1 is 0.793 bits per heavy atom. The number of nitrogens with zero attached hydrogens (tertiary/aromatic N) is 2. The zero-order valence-corrected chi connectivity index (χ0v) is 16.4. The van der Waals surface area contributed by atoms with Gasteiger partial charge in [-0.2, -0.15) is 0 Å². The molecule has 0 aliphatic heterocycles. The van der Waals surface area contributed by atoms with E-state index in [0.717, 1.165) is 32.9 Å². The van der Waals surface area contributed by atoms with E-state index >= 15 is 0 Å². The maximum atomic E-state index is 12.2. The average Bonchev–Trinajstić information content (AvgIpc) is 3.22. The first-order valence-corrected chi connectivity index (χ1v) is 9.42. The minimum absolute atomic E-state index is 0.0782. The average molecular weight is 382 g/mol. The Labute approximate surface area is 169 Å². The Balaban J connectivity index is 1.52. The molecule has 4 nitrogen and oxygen atoms in total. The number of hydrogen-bond donors (Lipinski definition) is 1. The van der Waals surface area contributed by atoms with Gasteiger partial charge in [0, 0.05) is 65.5 Å². The Kier molecular flexibility index (Phi) is 4.92. The van der Waals surface area contributed by atoms with Gasteiger partial charge in [0.1, 0.15) is 5.76 Å². The second-order valence-corrected chi connectivity index (χ2v) is 7.06. The fourth-order valence-corrected chi connectivity index (χ4v) is 3.60. The molecule has 0 fully saturated rings. The maximum absolute atomic E-state index is 12.2. The molecule has 2 aromatic carbocycles. The van der Waals surface area contributed by atoms with Crippen LogP contribution >= 0.6 is 0 Å². The molecule has 0 saturated heterocycles. The number of hydrogen-bond acceptors (Lipinski definition) is 2. The van der Waals surface area contributed by atoms with Gasteiger partial charge in [-0.05, 0) is 36.4 Å². The van der Waals surface area contributed by atoms with Crippen LogP contribution < -0.4 is 0 Å². The smallest absolute Gasteiger partial charge is 0.182 e. The molecule has 144 valence electrons. The summed E-state index contributed by atoms with van der Waals surface area (Å²) >= 11 is 0. The Bertz CT molecular complexity index is 1300. The summed E-state index contributed by atoms with van der Waals surface area (Å²) in [7, 11) is 3.96. The summed E-state index contributed by atoms with van der Waals surface area (Å²) in [4.78, 5) is 12.2. The molecule has 2 aromatic heterocycles. The van der Waals surface area contributed by atoms with Crippen LogP contribution in [0.3, 0.4) is 0 Å². The van der Waals surface area contributed by atoms with Crippen molar-refractivity contribution in [3.05, 3.63) is 96.0 Å². The molecule has 0 bridgehead atoms. The van der Waals surface area contributed by atoms with E-state index in [0.29, 0.717) is 0 Å². The second kappa shape index (κ2) is 7.68. The van der Waals surface area contributed by atoms with Crippen molar-refractivity contribution in [1.82, 2.24) is 9.13 Å². The number of carbonyl (C=O) groups excluding carboxylic acids is 1. The van der Waals surface area contributed by atoms with Crippen molar-refractivity contribution >= 4 is 39.7 Å². The molecule has 4 rings (SSSR count). The van der Waals surface area contributed by atoms with E-state index in [4.69, 9.17) is 0 Å². The number of aliphatic hydroxyl groups excluding tert-OH is 1. The van der Waals surface area contributed by atoms with Crippen molar-refractivity contribution in [3.8, 4) is 0 Å². The highest BCUT2D eigenvalue weighted by Crippen LogP contribution is 2.22. The number of carbonyl (C=O) groups is 1. The van der Waals surface area contributed by atoms with Gasteiger partial charge in [-0.25, -0.2) is 0 Å². The van der Waals surface area contributed by atoms with Crippen LogP contribution in [0, 0.1) is 0 Å². The summed E-state index contributed by atoms with van der Waals surface area (Å²) in [6, 6.07) is 16.1. The molecule has 1 N–H and O–H groups in total. The van der Waals surface area contributed by atoms with Crippen molar-refractivity contribution in [2.45, 2.75) is 0 Å². The Morgan fingerprint density at radius 3 is 1.83 bits per heavy atom. The summed E-state index contributed by atoms with van der Waals surface area (Å²) in [5, 5.41) is 12.3.